The van der Waals surface area contributed by atoms with E-state index in [0.29, 0.717) is 30.6 Å². The van der Waals surface area contributed by atoms with Crippen molar-refractivity contribution in [1.29, 1.82) is 0 Å². The molecule has 0 bridgehead atoms. The van der Waals surface area contributed by atoms with Crippen LogP contribution < -0.4 is 9.47 Å². The molecule has 0 unspecified atom stereocenters. The molecule has 0 spiro atoms. The second-order valence-electron chi connectivity index (χ2n) is 7.16. The Labute approximate surface area is 183 Å². The maximum absolute atomic E-state index is 10.7. The number of ether oxygens (including phenoxy) is 2. The highest BCUT2D eigenvalue weighted by Crippen LogP contribution is 2.27. The predicted octanol–water partition coefficient (Wildman–Crippen LogP) is 5.65. The number of carbonyl (C=O) groups is 1. The minimum Gasteiger partial charge on any atom is -0.493 e. The van der Waals surface area contributed by atoms with Gasteiger partial charge in [0, 0.05) is 12.0 Å². The van der Waals surface area contributed by atoms with Crippen LogP contribution in [0.5, 0.6) is 11.5 Å². The van der Waals surface area contributed by atoms with E-state index in [1.807, 2.05) is 56.3 Å². The van der Waals surface area contributed by atoms with E-state index in [4.69, 9.17) is 19.0 Å². The van der Waals surface area contributed by atoms with Crippen LogP contribution >= 0.6 is 0 Å². The molecule has 0 aliphatic rings. The van der Waals surface area contributed by atoms with Crippen molar-refractivity contribution in [2.45, 2.75) is 40.5 Å². The number of nitrogens with zero attached hydrogens (tertiary/aromatic N) is 1. The molecule has 0 aliphatic carbocycles. The van der Waals surface area contributed by atoms with Crippen molar-refractivity contribution in [3.63, 3.8) is 0 Å². The molecule has 0 radical (unpaired) electrons. The predicted molar refractivity (Wildman–Crippen MR) is 121 cm³/mol. The standard InChI is InChI=1S/C23H25NO5.C2H6/c1-16(2)12-18-13-20(28-15-22(25)26)8-9-21(18)27-11-10-19-14-29-23(24-19)17-6-4-3-5-7-17;1-2/h3-9,13-14,16H,10-12,15H2,1-2H3,(H,25,26);1-2H3. The van der Waals surface area contributed by atoms with Crippen LogP contribution in [0.15, 0.2) is 59.2 Å². The molecular formula is C25H31NO5. The molecule has 0 aliphatic heterocycles. The van der Waals surface area contributed by atoms with Crippen molar-refractivity contribution < 1.29 is 23.8 Å². The van der Waals surface area contributed by atoms with Gasteiger partial charge in [0.25, 0.3) is 0 Å². The Kier molecular flexibility index (Phi) is 9.62. The summed E-state index contributed by atoms with van der Waals surface area (Å²) in [4.78, 5) is 15.2. The number of hydrogen-bond acceptors (Lipinski definition) is 5. The van der Waals surface area contributed by atoms with Crippen molar-refractivity contribution in [3.05, 3.63) is 66.1 Å². The van der Waals surface area contributed by atoms with Gasteiger partial charge in [-0.15, -0.1) is 0 Å². The van der Waals surface area contributed by atoms with Gasteiger partial charge in [-0.3, -0.25) is 0 Å². The van der Waals surface area contributed by atoms with Crippen molar-refractivity contribution in [3.8, 4) is 23.0 Å². The van der Waals surface area contributed by atoms with E-state index in [1.165, 1.54) is 0 Å². The van der Waals surface area contributed by atoms with E-state index in [1.54, 1.807) is 12.3 Å². The fourth-order valence-electron chi connectivity index (χ4n) is 2.93. The average molecular weight is 426 g/mol. The van der Waals surface area contributed by atoms with Gasteiger partial charge in [-0.1, -0.05) is 45.9 Å². The third-order valence-corrected chi connectivity index (χ3v) is 4.21. The summed E-state index contributed by atoms with van der Waals surface area (Å²) < 4.78 is 16.8. The molecule has 1 N–H and O–H groups in total. The van der Waals surface area contributed by atoms with E-state index in [9.17, 15) is 4.79 Å². The second-order valence-corrected chi connectivity index (χ2v) is 7.16. The number of benzene rings is 2. The van der Waals surface area contributed by atoms with Gasteiger partial charge in [-0.25, -0.2) is 9.78 Å². The van der Waals surface area contributed by atoms with Gasteiger partial charge in [-0.05, 0) is 48.2 Å². The summed E-state index contributed by atoms with van der Waals surface area (Å²) in [7, 11) is 0. The second kappa shape index (κ2) is 12.4. The summed E-state index contributed by atoms with van der Waals surface area (Å²) in [6.45, 7) is 8.34. The molecule has 0 atom stereocenters. The lowest BCUT2D eigenvalue weighted by Gasteiger charge is -2.14. The summed E-state index contributed by atoms with van der Waals surface area (Å²) in [5, 5.41) is 8.78. The zero-order valence-electron chi connectivity index (χ0n) is 18.6. The Morgan fingerprint density at radius 2 is 1.84 bits per heavy atom. The summed E-state index contributed by atoms with van der Waals surface area (Å²) in [6, 6.07) is 15.2. The smallest absolute Gasteiger partial charge is 0.341 e. The first-order valence-corrected chi connectivity index (χ1v) is 10.6. The van der Waals surface area contributed by atoms with Gasteiger partial charge in [0.15, 0.2) is 6.61 Å². The number of rotatable bonds is 10. The molecule has 166 valence electrons. The van der Waals surface area contributed by atoms with E-state index in [-0.39, 0.29) is 6.61 Å². The summed E-state index contributed by atoms with van der Waals surface area (Å²) in [5.41, 5.74) is 2.76. The van der Waals surface area contributed by atoms with Crippen LogP contribution in [0, 0.1) is 5.92 Å². The molecule has 2 aromatic carbocycles. The van der Waals surface area contributed by atoms with Crippen LogP contribution in [0.3, 0.4) is 0 Å². The van der Waals surface area contributed by atoms with Crippen molar-refractivity contribution in [2.24, 2.45) is 5.92 Å². The number of aromatic nitrogens is 1. The third kappa shape index (κ3) is 7.81. The number of aliphatic carboxylic acids is 1. The van der Waals surface area contributed by atoms with Crippen molar-refractivity contribution in [1.82, 2.24) is 4.98 Å². The fourth-order valence-corrected chi connectivity index (χ4v) is 2.93. The molecule has 1 heterocycles. The lowest BCUT2D eigenvalue weighted by atomic mass is 10.0. The quantitative estimate of drug-likeness (QED) is 0.452. The topological polar surface area (TPSA) is 81.8 Å². The molecular weight excluding hydrogens is 394 g/mol. The molecule has 0 amide bonds. The summed E-state index contributed by atoms with van der Waals surface area (Å²) in [5.74, 6) is 1.32. The molecule has 6 heteroatoms. The third-order valence-electron chi connectivity index (χ3n) is 4.21. The molecule has 31 heavy (non-hydrogen) atoms. The van der Waals surface area contributed by atoms with Gasteiger partial charge in [0.2, 0.25) is 5.89 Å². The molecule has 0 fully saturated rings. The van der Waals surface area contributed by atoms with E-state index in [2.05, 4.69) is 18.8 Å². The van der Waals surface area contributed by atoms with Crippen LogP contribution in [-0.2, 0) is 17.6 Å². The van der Waals surface area contributed by atoms with Crippen LogP contribution in [0.2, 0.25) is 0 Å². The highest BCUT2D eigenvalue weighted by atomic mass is 16.5. The Bertz CT molecular complexity index is 934. The monoisotopic (exact) mass is 425 g/mol. The number of carboxylic acids is 1. The molecule has 0 saturated carbocycles. The average Bonchev–Trinajstić information content (AvgIpc) is 3.24. The zero-order chi connectivity index (χ0) is 22.6. The number of hydrogen-bond donors (Lipinski definition) is 1. The maximum atomic E-state index is 10.7. The first-order chi connectivity index (χ1) is 15.0. The fraction of sp³-hybridized carbons (Fsp3) is 0.360. The van der Waals surface area contributed by atoms with Gasteiger partial charge in [0.05, 0.1) is 12.3 Å². The van der Waals surface area contributed by atoms with E-state index >= 15 is 0 Å². The lowest BCUT2D eigenvalue weighted by molar-refractivity contribution is -0.139. The molecule has 0 saturated heterocycles. The Morgan fingerprint density at radius 3 is 2.52 bits per heavy atom. The normalized spacial score (nSPS) is 10.4. The number of carboxylic acid groups (broad SMARTS) is 1. The molecule has 6 nitrogen and oxygen atoms in total. The molecule has 3 aromatic rings. The highest BCUT2D eigenvalue weighted by Gasteiger charge is 2.11. The van der Waals surface area contributed by atoms with E-state index in [0.717, 1.165) is 29.0 Å². The van der Waals surface area contributed by atoms with Crippen LogP contribution in [0.4, 0.5) is 0 Å². The molecule has 1 aromatic heterocycles. The molecule has 3 rings (SSSR count). The van der Waals surface area contributed by atoms with Gasteiger partial charge in [0.1, 0.15) is 17.8 Å². The van der Waals surface area contributed by atoms with Crippen molar-refractivity contribution >= 4 is 5.97 Å². The SMILES string of the molecule is CC.CC(C)Cc1cc(OCC(=O)O)ccc1OCCc1coc(-c2ccccc2)n1. The highest BCUT2D eigenvalue weighted by molar-refractivity contribution is 5.68. The van der Waals surface area contributed by atoms with Crippen LogP contribution in [0.25, 0.3) is 11.5 Å². The van der Waals surface area contributed by atoms with Crippen molar-refractivity contribution in [2.75, 3.05) is 13.2 Å². The minimum atomic E-state index is -1.00. The Hall–Kier alpha value is -3.28. The van der Waals surface area contributed by atoms with Crippen LogP contribution in [-0.4, -0.2) is 29.3 Å². The van der Waals surface area contributed by atoms with Gasteiger partial charge in [-0.2, -0.15) is 0 Å². The van der Waals surface area contributed by atoms with E-state index < -0.39 is 5.97 Å². The zero-order valence-corrected chi connectivity index (χ0v) is 18.6. The Morgan fingerprint density at radius 1 is 1.10 bits per heavy atom. The summed E-state index contributed by atoms with van der Waals surface area (Å²) >= 11 is 0. The number of oxazole rings is 1. The summed E-state index contributed by atoms with van der Waals surface area (Å²) in [6.07, 6.45) is 3.08. The minimum absolute atomic E-state index is 0.364. The van der Waals surface area contributed by atoms with Gasteiger partial charge < -0.3 is 19.0 Å². The van der Waals surface area contributed by atoms with Crippen LogP contribution in [0.1, 0.15) is 39.0 Å². The first-order valence-electron chi connectivity index (χ1n) is 10.6. The first kappa shape index (κ1) is 24.0. The maximum Gasteiger partial charge on any atom is 0.341 e. The van der Waals surface area contributed by atoms with Gasteiger partial charge >= 0.3 is 5.97 Å². The lowest BCUT2D eigenvalue weighted by Crippen LogP contribution is -2.10. The largest absolute Gasteiger partial charge is 0.493 e. The Balaban J connectivity index is 0.00000166.